The summed E-state index contributed by atoms with van der Waals surface area (Å²) >= 11 is 6.22. The molecule has 28 heavy (non-hydrogen) atoms. The summed E-state index contributed by atoms with van der Waals surface area (Å²) < 4.78 is 21.2. The van der Waals surface area contributed by atoms with E-state index in [2.05, 4.69) is 5.32 Å². The normalized spacial score (nSPS) is 10.7. The number of halogens is 1. The van der Waals surface area contributed by atoms with Crippen LogP contribution in [0.4, 0.5) is 5.69 Å². The van der Waals surface area contributed by atoms with Crippen molar-refractivity contribution in [2.24, 2.45) is 0 Å². The lowest BCUT2D eigenvalue weighted by Crippen LogP contribution is -2.08. The molecular weight excluding hydrogens is 382 g/mol. The van der Waals surface area contributed by atoms with E-state index in [0.717, 1.165) is 5.56 Å². The van der Waals surface area contributed by atoms with E-state index < -0.39 is 0 Å². The predicted molar refractivity (Wildman–Crippen MR) is 111 cm³/mol. The van der Waals surface area contributed by atoms with Gasteiger partial charge in [0.25, 0.3) is 0 Å². The number of carbonyl (C=O) groups is 1. The number of benzene rings is 2. The first-order valence-corrected chi connectivity index (χ1v) is 9.16. The zero-order valence-corrected chi connectivity index (χ0v) is 16.9. The van der Waals surface area contributed by atoms with E-state index in [0.29, 0.717) is 47.8 Å². The van der Waals surface area contributed by atoms with Gasteiger partial charge in [0.05, 0.1) is 25.3 Å². The largest absolute Gasteiger partial charge is 0.491 e. The minimum atomic E-state index is -0.266. The lowest BCUT2D eigenvalue weighted by atomic mass is 10.2. The third-order valence-corrected chi connectivity index (χ3v) is 3.92. The second-order valence-electron chi connectivity index (χ2n) is 5.66. The molecule has 0 aliphatic carbocycles. The molecule has 150 valence electrons. The van der Waals surface area contributed by atoms with E-state index in [1.165, 1.54) is 13.2 Å². The standard InChI is InChI=1S/C21H24ClNO5/c1-4-27-19-14-15(13-18(22)21(19)26-3)5-10-20(24)23-16-6-8-17(9-7-16)28-12-11-25-2/h5-10,13-14H,4,11-12H2,1-3H3,(H,23,24)/b10-5+. The Morgan fingerprint density at radius 3 is 2.50 bits per heavy atom. The Balaban J connectivity index is 1.99. The molecule has 0 radical (unpaired) electrons. The van der Waals surface area contributed by atoms with Crippen LogP contribution in [0, 0.1) is 0 Å². The first-order chi connectivity index (χ1) is 13.6. The maximum atomic E-state index is 12.2. The maximum Gasteiger partial charge on any atom is 0.248 e. The molecular formula is C21H24ClNO5. The van der Waals surface area contributed by atoms with Gasteiger partial charge in [-0.05, 0) is 55.0 Å². The molecule has 2 aromatic rings. The molecule has 0 saturated heterocycles. The van der Waals surface area contributed by atoms with Crippen molar-refractivity contribution in [1.29, 1.82) is 0 Å². The summed E-state index contributed by atoms with van der Waals surface area (Å²) in [7, 11) is 3.15. The Bertz CT molecular complexity index is 805. The van der Waals surface area contributed by atoms with E-state index in [4.69, 9.17) is 30.5 Å². The molecule has 0 saturated carbocycles. The average molecular weight is 406 g/mol. The van der Waals surface area contributed by atoms with E-state index in [1.54, 1.807) is 49.6 Å². The highest BCUT2D eigenvalue weighted by atomic mass is 35.5. The van der Waals surface area contributed by atoms with Gasteiger partial charge in [0, 0.05) is 18.9 Å². The molecule has 0 aliphatic rings. The van der Waals surface area contributed by atoms with Crippen molar-refractivity contribution in [1.82, 2.24) is 0 Å². The summed E-state index contributed by atoms with van der Waals surface area (Å²) in [4.78, 5) is 12.2. The third-order valence-electron chi connectivity index (χ3n) is 3.64. The second-order valence-corrected chi connectivity index (χ2v) is 6.06. The van der Waals surface area contributed by atoms with Crippen LogP contribution in [-0.2, 0) is 9.53 Å². The Morgan fingerprint density at radius 1 is 1.11 bits per heavy atom. The van der Waals surface area contributed by atoms with Gasteiger partial charge >= 0.3 is 0 Å². The second kappa shape index (κ2) is 11.2. The number of hydrogen-bond donors (Lipinski definition) is 1. The van der Waals surface area contributed by atoms with Gasteiger partial charge in [-0.25, -0.2) is 0 Å². The van der Waals surface area contributed by atoms with Gasteiger partial charge in [-0.2, -0.15) is 0 Å². The van der Waals surface area contributed by atoms with Crippen molar-refractivity contribution < 1.29 is 23.7 Å². The predicted octanol–water partition coefficient (Wildman–Crippen LogP) is 4.42. The minimum Gasteiger partial charge on any atom is -0.491 e. The summed E-state index contributed by atoms with van der Waals surface area (Å²) in [5, 5.41) is 3.20. The van der Waals surface area contributed by atoms with Crippen LogP contribution in [0.15, 0.2) is 42.5 Å². The van der Waals surface area contributed by atoms with Crippen molar-refractivity contribution >= 4 is 29.3 Å². The quantitative estimate of drug-likeness (QED) is 0.468. The minimum absolute atomic E-state index is 0.266. The highest BCUT2D eigenvalue weighted by Crippen LogP contribution is 2.36. The summed E-state index contributed by atoms with van der Waals surface area (Å²) in [6, 6.07) is 10.6. The molecule has 0 heterocycles. The molecule has 1 N–H and O–H groups in total. The molecule has 0 fully saturated rings. The lowest BCUT2D eigenvalue weighted by Gasteiger charge is -2.11. The number of ether oxygens (including phenoxy) is 4. The molecule has 6 nitrogen and oxygen atoms in total. The van der Waals surface area contributed by atoms with Gasteiger partial charge < -0.3 is 24.3 Å². The van der Waals surface area contributed by atoms with Crippen LogP contribution >= 0.6 is 11.6 Å². The number of amides is 1. The number of carbonyl (C=O) groups excluding carboxylic acids is 1. The fraction of sp³-hybridized carbons (Fsp3) is 0.286. The van der Waals surface area contributed by atoms with Crippen molar-refractivity contribution in [3.8, 4) is 17.2 Å². The van der Waals surface area contributed by atoms with Gasteiger partial charge in [0.15, 0.2) is 11.5 Å². The van der Waals surface area contributed by atoms with Crippen LogP contribution in [0.2, 0.25) is 5.02 Å². The van der Waals surface area contributed by atoms with E-state index in [1.807, 2.05) is 6.92 Å². The van der Waals surface area contributed by atoms with E-state index in [9.17, 15) is 4.79 Å². The van der Waals surface area contributed by atoms with Crippen LogP contribution in [0.1, 0.15) is 12.5 Å². The number of rotatable bonds is 10. The van der Waals surface area contributed by atoms with Gasteiger partial charge in [-0.3, -0.25) is 4.79 Å². The monoisotopic (exact) mass is 405 g/mol. The molecule has 0 spiro atoms. The molecule has 0 atom stereocenters. The van der Waals surface area contributed by atoms with Gasteiger partial charge in [0.1, 0.15) is 12.4 Å². The molecule has 0 aromatic heterocycles. The van der Waals surface area contributed by atoms with Gasteiger partial charge in [-0.1, -0.05) is 11.6 Å². The van der Waals surface area contributed by atoms with Gasteiger partial charge in [0.2, 0.25) is 5.91 Å². The van der Waals surface area contributed by atoms with Crippen LogP contribution in [-0.4, -0.2) is 39.9 Å². The van der Waals surface area contributed by atoms with Crippen LogP contribution in [0.3, 0.4) is 0 Å². The topological polar surface area (TPSA) is 66.0 Å². The SMILES string of the molecule is CCOc1cc(/C=C/C(=O)Nc2ccc(OCCOC)cc2)cc(Cl)c1OC. The number of nitrogens with one attached hydrogen (secondary N) is 1. The smallest absolute Gasteiger partial charge is 0.248 e. The third kappa shape index (κ3) is 6.48. The number of hydrogen-bond acceptors (Lipinski definition) is 5. The van der Waals surface area contributed by atoms with Crippen LogP contribution < -0.4 is 19.5 Å². The number of anilines is 1. The van der Waals surface area contributed by atoms with E-state index >= 15 is 0 Å². The van der Waals surface area contributed by atoms with Crippen LogP contribution in [0.25, 0.3) is 6.08 Å². The summed E-state index contributed by atoms with van der Waals surface area (Å²) in [5.41, 5.74) is 1.39. The Morgan fingerprint density at radius 2 is 1.86 bits per heavy atom. The summed E-state index contributed by atoms with van der Waals surface area (Å²) in [5.74, 6) is 1.44. The molecule has 0 aliphatic heterocycles. The van der Waals surface area contributed by atoms with Crippen molar-refractivity contribution in [3.05, 3.63) is 53.1 Å². The first-order valence-electron chi connectivity index (χ1n) is 8.78. The fourth-order valence-corrected chi connectivity index (χ4v) is 2.67. The highest BCUT2D eigenvalue weighted by molar-refractivity contribution is 6.32. The zero-order valence-electron chi connectivity index (χ0n) is 16.2. The Kier molecular flexibility index (Phi) is 8.65. The lowest BCUT2D eigenvalue weighted by molar-refractivity contribution is -0.111. The molecule has 0 unspecified atom stereocenters. The summed E-state index contributed by atoms with van der Waals surface area (Å²) in [6.07, 6.45) is 3.09. The Hall–Kier alpha value is -2.70. The fourth-order valence-electron chi connectivity index (χ4n) is 2.38. The van der Waals surface area contributed by atoms with Crippen LogP contribution in [0.5, 0.6) is 17.2 Å². The van der Waals surface area contributed by atoms with Crippen molar-refractivity contribution in [3.63, 3.8) is 0 Å². The highest BCUT2D eigenvalue weighted by Gasteiger charge is 2.10. The van der Waals surface area contributed by atoms with Crippen molar-refractivity contribution in [2.75, 3.05) is 39.4 Å². The Labute approximate surface area is 170 Å². The average Bonchev–Trinajstić information content (AvgIpc) is 2.68. The molecule has 1 amide bonds. The van der Waals surface area contributed by atoms with E-state index in [-0.39, 0.29) is 5.91 Å². The first kappa shape index (κ1) is 21.6. The molecule has 7 heteroatoms. The maximum absolute atomic E-state index is 12.2. The summed E-state index contributed by atoms with van der Waals surface area (Å²) in [6.45, 7) is 3.34. The van der Waals surface area contributed by atoms with Gasteiger partial charge in [-0.15, -0.1) is 0 Å². The molecule has 2 rings (SSSR count). The molecule has 2 aromatic carbocycles. The molecule has 0 bridgehead atoms. The number of methoxy groups -OCH3 is 2. The van der Waals surface area contributed by atoms with Crippen molar-refractivity contribution in [2.45, 2.75) is 6.92 Å². The zero-order chi connectivity index (χ0) is 20.4.